The molecule has 0 bridgehead atoms. The topological polar surface area (TPSA) is 76.3 Å². The molecule has 3 N–H and O–H groups in total. The fourth-order valence-electron chi connectivity index (χ4n) is 2.68. The fourth-order valence-corrected chi connectivity index (χ4v) is 2.68. The SMILES string of the molecule is COCC1CCN(c2ncnc(NN)c2C(C)C)C1. The van der Waals surface area contributed by atoms with Gasteiger partial charge in [0.2, 0.25) is 0 Å². The number of nitrogen functional groups attached to an aromatic ring is 1. The average Bonchev–Trinajstić information content (AvgIpc) is 2.86. The van der Waals surface area contributed by atoms with E-state index >= 15 is 0 Å². The van der Waals surface area contributed by atoms with Crippen molar-refractivity contribution in [3.8, 4) is 0 Å². The summed E-state index contributed by atoms with van der Waals surface area (Å²) in [5.74, 6) is 8.17. The lowest BCUT2D eigenvalue weighted by atomic mass is 10.0. The zero-order chi connectivity index (χ0) is 13.8. The number of nitrogens with zero attached hydrogens (tertiary/aromatic N) is 3. The third-order valence-corrected chi connectivity index (χ3v) is 3.56. The van der Waals surface area contributed by atoms with Gasteiger partial charge in [-0.05, 0) is 12.3 Å². The standard InChI is InChI=1S/C13H23N5O/c1-9(2)11-12(17-14)15-8-16-13(11)18-5-4-10(6-18)7-19-3/h8-10H,4-7,14H2,1-3H3,(H,15,16,17). The van der Waals surface area contributed by atoms with Crippen LogP contribution in [0.25, 0.3) is 0 Å². The van der Waals surface area contributed by atoms with E-state index in [4.69, 9.17) is 10.6 Å². The van der Waals surface area contributed by atoms with Gasteiger partial charge < -0.3 is 15.1 Å². The summed E-state index contributed by atoms with van der Waals surface area (Å²) in [6, 6.07) is 0. The number of ether oxygens (including phenoxy) is 1. The van der Waals surface area contributed by atoms with Gasteiger partial charge in [0.05, 0.1) is 6.61 Å². The summed E-state index contributed by atoms with van der Waals surface area (Å²) in [7, 11) is 1.75. The number of nitrogens with one attached hydrogen (secondary N) is 1. The Bertz CT molecular complexity index is 423. The second kappa shape index (κ2) is 6.16. The van der Waals surface area contributed by atoms with Crippen LogP contribution in [0.2, 0.25) is 0 Å². The highest BCUT2D eigenvalue weighted by molar-refractivity contribution is 5.60. The van der Waals surface area contributed by atoms with E-state index in [1.54, 1.807) is 13.4 Å². The summed E-state index contributed by atoms with van der Waals surface area (Å²) in [6.07, 6.45) is 2.71. The molecule has 6 heteroatoms. The smallest absolute Gasteiger partial charge is 0.148 e. The minimum Gasteiger partial charge on any atom is -0.384 e. The van der Waals surface area contributed by atoms with E-state index in [2.05, 4.69) is 34.1 Å². The Morgan fingerprint density at radius 1 is 1.53 bits per heavy atom. The van der Waals surface area contributed by atoms with Gasteiger partial charge in [0.25, 0.3) is 0 Å². The van der Waals surface area contributed by atoms with Crippen LogP contribution in [0.15, 0.2) is 6.33 Å². The third kappa shape index (κ3) is 2.96. The lowest BCUT2D eigenvalue weighted by molar-refractivity contribution is 0.161. The first-order valence-corrected chi connectivity index (χ1v) is 6.72. The third-order valence-electron chi connectivity index (χ3n) is 3.56. The Kier molecular flexibility index (Phi) is 4.55. The van der Waals surface area contributed by atoms with Crippen molar-refractivity contribution in [2.24, 2.45) is 11.8 Å². The lowest BCUT2D eigenvalue weighted by Gasteiger charge is -2.23. The Labute approximate surface area is 114 Å². The molecule has 0 aliphatic carbocycles. The zero-order valence-corrected chi connectivity index (χ0v) is 11.9. The molecule has 0 saturated carbocycles. The number of rotatable bonds is 5. The van der Waals surface area contributed by atoms with E-state index < -0.39 is 0 Å². The number of hydrazine groups is 1. The van der Waals surface area contributed by atoms with Gasteiger partial charge in [-0.15, -0.1) is 0 Å². The van der Waals surface area contributed by atoms with Gasteiger partial charge in [-0.1, -0.05) is 13.8 Å². The number of hydrogen-bond acceptors (Lipinski definition) is 6. The first-order valence-electron chi connectivity index (χ1n) is 6.72. The van der Waals surface area contributed by atoms with Gasteiger partial charge in [0.1, 0.15) is 18.0 Å². The average molecular weight is 265 g/mol. The summed E-state index contributed by atoms with van der Waals surface area (Å²) >= 11 is 0. The molecule has 0 amide bonds. The van der Waals surface area contributed by atoms with Crippen LogP contribution >= 0.6 is 0 Å². The minimum absolute atomic E-state index is 0.323. The molecule has 1 atom stereocenters. The molecule has 6 nitrogen and oxygen atoms in total. The highest BCUT2D eigenvalue weighted by atomic mass is 16.5. The van der Waals surface area contributed by atoms with Crippen LogP contribution in [0.1, 0.15) is 31.7 Å². The van der Waals surface area contributed by atoms with Crippen molar-refractivity contribution in [2.45, 2.75) is 26.2 Å². The molecule has 1 aliphatic heterocycles. The quantitative estimate of drug-likeness (QED) is 0.618. The maximum absolute atomic E-state index is 5.55. The van der Waals surface area contributed by atoms with E-state index in [9.17, 15) is 0 Å². The second-order valence-corrected chi connectivity index (χ2v) is 5.31. The van der Waals surface area contributed by atoms with Crippen molar-refractivity contribution in [3.63, 3.8) is 0 Å². The van der Waals surface area contributed by atoms with Gasteiger partial charge in [-0.25, -0.2) is 15.8 Å². The number of anilines is 2. The van der Waals surface area contributed by atoms with Crippen molar-refractivity contribution in [1.29, 1.82) is 0 Å². The highest BCUT2D eigenvalue weighted by Crippen LogP contribution is 2.33. The van der Waals surface area contributed by atoms with Crippen LogP contribution in [0, 0.1) is 5.92 Å². The van der Waals surface area contributed by atoms with E-state index in [1.807, 2.05) is 0 Å². The minimum atomic E-state index is 0.323. The molecule has 1 unspecified atom stereocenters. The molecule has 0 spiro atoms. The molecular weight excluding hydrogens is 242 g/mol. The predicted octanol–water partition coefficient (Wildman–Crippen LogP) is 1.36. The highest BCUT2D eigenvalue weighted by Gasteiger charge is 2.27. The Morgan fingerprint density at radius 2 is 2.32 bits per heavy atom. The van der Waals surface area contributed by atoms with Crippen LogP contribution < -0.4 is 16.2 Å². The number of methoxy groups -OCH3 is 1. The van der Waals surface area contributed by atoms with Gasteiger partial charge in [-0.2, -0.15) is 0 Å². The van der Waals surface area contributed by atoms with E-state index in [0.29, 0.717) is 11.8 Å². The Balaban J connectivity index is 2.25. The summed E-state index contributed by atoms with van der Waals surface area (Å²) < 4.78 is 5.24. The van der Waals surface area contributed by atoms with Crippen molar-refractivity contribution >= 4 is 11.6 Å². The summed E-state index contributed by atoms with van der Waals surface area (Å²) in [6.45, 7) is 7.06. The molecule has 0 radical (unpaired) electrons. The summed E-state index contributed by atoms with van der Waals surface area (Å²) in [5, 5.41) is 0. The molecule has 106 valence electrons. The van der Waals surface area contributed by atoms with Gasteiger partial charge >= 0.3 is 0 Å². The van der Waals surface area contributed by atoms with Crippen LogP contribution in [0.3, 0.4) is 0 Å². The summed E-state index contributed by atoms with van der Waals surface area (Å²) in [5.41, 5.74) is 3.76. The lowest BCUT2D eigenvalue weighted by Crippen LogP contribution is -2.25. The van der Waals surface area contributed by atoms with Crippen molar-refractivity contribution < 1.29 is 4.74 Å². The fraction of sp³-hybridized carbons (Fsp3) is 0.692. The molecule has 2 heterocycles. The zero-order valence-electron chi connectivity index (χ0n) is 11.9. The van der Waals surface area contributed by atoms with Crippen LogP contribution in [0.4, 0.5) is 11.6 Å². The molecule has 1 fully saturated rings. The van der Waals surface area contributed by atoms with E-state index in [1.165, 1.54) is 0 Å². The first kappa shape index (κ1) is 14.0. The molecule has 19 heavy (non-hydrogen) atoms. The van der Waals surface area contributed by atoms with Crippen LogP contribution in [-0.4, -0.2) is 36.8 Å². The number of nitrogens with two attached hydrogens (primary N) is 1. The molecule has 1 aromatic rings. The van der Waals surface area contributed by atoms with Crippen molar-refractivity contribution in [3.05, 3.63) is 11.9 Å². The van der Waals surface area contributed by atoms with Crippen molar-refractivity contribution in [2.75, 3.05) is 37.1 Å². The second-order valence-electron chi connectivity index (χ2n) is 5.31. The van der Waals surface area contributed by atoms with Crippen LogP contribution in [-0.2, 0) is 4.74 Å². The molecule has 0 aromatic carbocycles. The van der Waals surface area contributed by atoms with Gasteiger partial charge in [0.15, 0.2) is 0 Å². The monoisotopic (exact) mass is 265 g/mol. The summed E-state index contributed by atoms with van der Waals surface area (Å²) in [4.78, 5) is 11.0. The van der Waals surface area contributed by atoms with E-state index in [0.717, 1.165) is 43.3 Å². The molecule has 1 aromatic heterocycles. The first-order chi connectivity index (χ1) is 9.17. The van der Waals surface area contributed by atoms with Crippen LogP contribution in [0.5, 0.6) is 0 Å². The largest absolute Gasteiger partial charge is 0.384 e. The normalized spacial score (nSPS) is 19.2. The maximum atomic E-state index is 5.55. The van der Waals surface area contributed by atoms with Gasteiger partial charge in [-0.3, -0.25) is 0 Å². The Hall–Kier alpha value is -1.40. The molecule has 1 aliphatic rings. The van der Waals surface area contributed by atoms with Crippen molar-refractivity contribution in [1.82, 2.24) is 9.97 Å². The predicted molar refractivity (Wildman–Crippen MR) is 76.1 cm³/mol. The molecule has 2 rings (SSSR count). The molecular formula is C13H23N5O. The Morgan fingerprint density at radius 3 is 2.95 bits per heavy atom. The number of hydrogen-bond donors (Lipinski definition) is 2. The number of aromatic nitrogens is 2. The van der Waals surface area contributed by atoms with Gasteiger partial charge in [0, 0.05) is 31.7 Å². The van der Waals surface area contributed by atoms with E-state index in [-0.39, 0.29) is 0 Å². The maximum Gasteiger partial charge on any atom is 0.148 e. The molecule has 1 saturated heterocycles.